The summed E-state index contributed by atoms with van der Waals surface area (Å²) in [5, 5.41) is 17.9. The van der Waals surface area contributed by atoms with Gasteiger partial charge in [0.2, 0.25) is 5.91 Å². The highest BCUT2D eigenvalue weighted by atomic mass is 19.1. The Balaban J connectivity index is 1.91. The first-order valence-corrected chi connectivity index (χ1v) is 7.83. The number of nitrogens with zero attached hydrogens (tertiary/aromatic N) is 4. The fraction of sp³-hybridized carbons (Fsp3) is 0.167. The van der Waals surface area contributed by atoms with Gasteiger partial charge >= 0.3 is 0 Å². The average molecular weight is 348 g/mol. The molecule has 1 saturated carbocycles. The van der Waals surface area contributed by atoms with E-state index in [4.69, 9.17) is 11.5 Å². The van der Waals surface area contributed by atoms with E-state index in [1.165, 1.54) is 6.20 Å². The molecule has 1 aliphatic rings. The van der Waals surface area contributed by atoms with E-state index in [1.54, 1.807) is 30.5 Å². The number of alkyl halides is 1. The van der Waals surface area contributed by atoms with Crippen LogP contribution in [0.1, 0.15) is 17.7 Å². The Hall–Kier alpha value is -3.60. The van der Waals surface area contributed by atoms with Gasteiger partial charge in [-0.2, -0.15) is 10.4 Å². The first-order chi connectivity index (χ1) is 12.5. The fourth-order valence-electron chi connectivity index (χ4n) is 3.15. The molecule has 0 aliphatic heterocycles. The number of carbonyl (C=O) groups is 1. The molecule has 0 saturated heterocycles. The number of aromatic nitrogens is 3. The summed E-state index contributed by atoms with van der Waals surface area (Å²) < 4.78 is 13.9. The topological polar surface area (TPSA) is 132 Å². The van der Waals surface area contributed by atoms with E-state index in [-0.39, 0.29) is 12.1 Å². The van der Waals surface area contributed by atoms with Crippen molar-refractivity contribution in [3.8, 4) is 17.2 Å². The zero-order valence-corrected chi connectivity index (χ0v) is 13.5. The highest BCUT2D eigenvalue weighted by Crippen LogP contribution is 2.50. The van der Waals surface area contributed by atoms with E-state index >= 15 is 0 Å². The molecule has 7 nitrogen and oxygen atoms in total. The molecule has 128 valence electrons. The van der Waals surface area contributed by atoms with Crippen LogP contribution in [0.3, 0.4) is 0 Å². The standard InChI is InChI=1S/C18H13FN6O/c19-14-6-18(14,17(22)26)15-5-11-3-10(4-13(21)16(11)25-24-15)12-8-23-2-1-9(12)7-20/h1-5,8,14H,6,21H2,(H2,22,26). The van der Waals surface area contributed by atoms with Crippen LogP contribution in [0.25, 0.3) is 22.0 Å². The summed E-state index contributed by atoms with van der Waals surface area (Å²) >= 11 is 0. The number of amides is 1. The number of halogens is 1. The van der Waals surface area contributed by atoms with Crippen LogP contribution >= 0.6 is 0 Å². The molecule has 1 amide bonds. The molecule has 2 unspecified atom stereocenters. The van der Waals surface area contributed by atoms with Crippen molar-refractivity contribution >= 4 is 22.5 Å². The normalized spacial score (nSPS) is 21.3. The van der Waals surface area contributed by atoms with Gasteiger partial charge in [-0.3, -0.25) is 9.78 Å². The van der Waals surface area contributed by atoms with Crippen molar-refractivity contribution in [2.45, 2.75) is 18.0 Å². The van der Waals surface area contributed by atoms with E-state index in [0.29, 0.717) is 33.3 Å². The van der Waals surface area contributed by atoms with Gasteiger partial charge in [-0.15, -0.1) is 5.10 Å². The van der Waals surface area contributed by atoms with Gasteiger partial charge in [0.1, 0.15) is 17.1 Å². The van der Waals surface area contributed by atoms with Crippen molar-refractivity contribution in [1.29, 1.82) is 5.26 Å². The third-order valence-corrected chi connectivity index (χ3v) is 4.74. The van der Waals surface area contributed by atoms with Gasteiger partial charge in [0.25, 0.3) is 0 Å². The second-order valence-corrected chi connectivity index (χ2v) is 6.27. The smallest absolute Gasteiger partial charge is 0.232 e. The minimum Gasteiger partial charge on any atom is -0.397 e. The maximum absolute atomic E-state index is 13.9. The number of benzene rings is 1. The number of primary amides is 1. The lowest BCUT2D eigenvalue weighted by molar-refractivity contribution is -0.121. The van der Waals surface area contributed by atoms with Crippen LogP contribution in [-0.2, 0) is 10.2 Å². The molecule has 8 heteroatoms. The Bertz CT molecular complexity index is 1110. The molecule has 0 spiro atoms. The van der Waals surface area contributed by atoms with Crippen molar-refractivity contribution in [3.05, 3.63) is 47.9 Å². The zero-order valence-electron chi connectivity index (χ0n) is 13.5. The Morgan fingerprint density at radius 1 is 1.35 bits per heavy atom. The number of pyridine rings is 1. The van der Waals surface area contributed by atoms with Crippen LogP contribution < -0.4 is 11.5 Å². The number of hydrogen-bond donors (Lipinski definition) is 2. The number of anilines is 1. The van der Waals surface area contributed by atoms with E-state index < -0.39 is 17.5 Å². The molecule has 3 aromatic rings. The van der Waals surface area contributed by atoms with Crippen LogP contribution in [0.15, 0.2) is 36.7 Å². The Morgan fingerprint density at radius 2 is 2.12 bits per heavy atom. The summed E-state index contributed by atoms with van der Waals surface area (Å²) in [4.78, 5) is 15.8. The number of rotatable bonds is 3. The second-order valence-electron chi connectivity index (χ2n) is 6.27. The maximum atomic E-state index is 13.9. The molecule has 2 heterocycles. The van der Waals surface area contributed by atoms with Gasteiger partial charge in [0, 0.05) is 29.8 Å². The third-order valence-electron chi connectivity index (χ3n) is 4.74. The van der Waals surface area contributed by atoms with E-state index in [9.17, 15) is 14.4 Å². The molecule has 2 aromatic heterocycles. The summed E-state index contributed by atoms with van der Waals surface area (Å²) in [6, 6.07) is 8.72. The minimum absolute atomic E-state index is 0.00111. The number of hydrogen-bond acceptors (Lipinski definition) is 6. The van der Waals surface area contributed by atoms with Crippen LogP contribution in [-0.4, -0.2) is 27.3 Å². The zero-order chi connectivity index (χ0) is 18.5. The molecule has 0 radical (unpaired) electrons. The Kier molecular flexibility index (Phi) is 3.34. The first kappa shape index (κ1) is 15.9. The summed E-state index contributed by atoms with van der Waals surface area (Å²) in [5.74, 6) is -0.762. The van der Waals surface area contributed by atoms with E-state index in [2.05, 4.69) is 21.3 Å². The monoisotopic (exact) mass is 348 g/mol. The predicted octanol–water partition coefficient (Wildman–Crippen LogP) is 1.61. The van der Waals surface area contributed by atoms with Crippen LogP contribution in [0.2, 0.25) is 0 Å². The second kappa shape index (κ2) is 5.46. The molecule has 4 rings (SSSR count). The lowest BCUT2D eigenvalue weighted by atomic mass is 9.97. The minimum atomic E-state index is -1.42. The van der Waals surface area contributed by atoms with E-state index in [1.807, 2.05) is 0 Å². The number of nitrogen functional groups attached to an aromatic ring is 1. The SMILES string of the molecule is N#Cc1ccncc1-c1cc(N)c2nnc(C3(C(N)=O)CC3F)cc2c1. The van der Waals surface area contributed by atoms with Crippen molar-refractivity contribution < 1.29 is 9.18 Å². The number of nitriles is 1. The van der Waals surface area contributed by atoms with Gasteiger partial charge < -0.3 is 11.5 Å². The van der Waals surface area contributed by atoms with Gasteiger partial charge in [0.15, 0.2) is 0 Å². The molecule has 2 atom stereocenters. The highest BCUT2D eigenvalue weighted by Gasteiger charge is 2.63. The fourth-order valence-corrected chi connectivity index (χ4v) is 3.15. The first-order valence-electron chi connectivity index (χ1n) is 7.83. The quantitative estimate of drug-likeness (QED) is 0.691. The van der Waals surface area contributed by atoms with Gasteiger partial charge in [0.05, 0.1) is 23.0 Å². The van der Waals surface area contributed by atoms with Crippen LogP contribution in [0.5, 0.6) is 0 Å². The van der Waals surface area contributed by atoms with Crippen molar-refractivity contribution in [2.75, 3.05) is 5.73 Å². The summed E-state index contributed by atoms with van der Waals surface area (Å²) in [7, 11) is 0. The van der Waals surface area contributed by atoms with Crippen LogP contribution in [0.4, 0.5) is 10.1 Å². The number of carbonyl (C=O) groups excluding carboxylic acids is 1. The van der Waals surface area contributed by atoms with Crippen molar-refractivity contribution in [1.82, 2.24) is 15.2 Å². The molecule has 1 aromatic carbocycles. The molecule has 0 bridgehead atoms. The largest absolute Gasteiger partial charge is 0.397 e. The molecule has 4 N–H and O–H groups in total. The number of nitrogens with two attached hydrogens (primary N) is 2. The molecular weight excluding hydrogens is 335 g/mol. The Labute approximate surface area is 147 Å². The number of fused-ring (bicyclic) bond motifs is 1. The molecule has 1 fully saturated rings. The van der Waals surface area contributed by atoms with Crippen molar-refractivity contribution in [2.24, 2.45) is 5.73 Å². The van der Waals surface area contributed by atoms with Gasteiger partial charge in [-0.05, 0) is 29.8 Å². The molecule has 26 heavy (non-hydrogen) atoms. The average Bonchev–Trinajstić information content (AvgIpc) is 3.33. The third kappa shape index (κ3) is 2.18. The van der Waals surface area contributed by atoms with Crippen molar-refractivity contribution in [3.63, 3.8) is 0 Å². The predicted molar refractivity (Wildman–Crippen MR) is 92.3 cm³/mol. The maximum Gasteiger partial charge on any atom is 0.232 e. The molecular formula is C18H13FN6O. The van der Waals surface area contributed by atoms with Gasteiger partial charge in [-0.1, -0.05) is 0 Å². The Morgan fingerprint density at radius 3 is 2.77 bits per heavy atom. The summed E-state index contributed by atoms with van der Waals surface area (Å²) in [6.07, 6.45) is 1.73. The molecule has 1 aliphatic carbocycles. The van der Waals surface area contributed by atoms with Gasteiger partial charge in [-0.25, -0.2) is 4.39 Å². The lowest BCUT2D eigenvalue weighted by Crippen LogP contribution is -2.32. The lowest BCUT2D eigenvalue weighted by Gasteiger charge is -2.12. The highest BCUT2D eigenvalue weighted by molar-refractivity contribution is 5.96. The summed E-state index contributed by atoms with van der Waals surface area (Å²) in [6.45, 7) is 0. The van der Waals surface area contributed by atoms with Crippen LogP contribution in [0, 0.1) is 11.3 Å². The van der Waals surface area contributed by atoms with E-state index in [0.717, 1.165) is 0 Å². The summed E-state index contributed by atoms with van der Waals surface area (Å²) in [5.41, 5.74) is 12.7.